The summed E-state index contributed by atoms with van der Waals surface area (Å²) >= 11 is 0. The number of amides is 1. The molecule has 0 fully saturated rings. The van der Waals surface area contributed by atoms with Crippen LogP contribution in [0.4, 0.5) is 11.5 Å². The van der Waals surface area contributed by atoms with Crippen molar-refractivity contribution in [2.75, 3.05) is 17.7 Å². The lowest BCUT2D eigenvalue weighted by molar-refractivity contribution is -0.113. The summed E-state index contributed by atoms with van der Waals surface area (Å²) in [4.78, 5) is 39.8. The molecule has 7 heteroatoms. The van der Waals surface area contributed by atoms with Gasteiger partial charge in [-0.25, -0.2) is 4.79 Å². The van der Waals surface area contributed by atoms with Gasteiger partial charge in [0.15, 0.2) is 5.69 Å². The first kappa shape index (κ1) is 18.3. The lowest BCUT2D eigenvalue weighted by Crippen LogP contribution is -2.38. The van der Waals surface area contributed by atoms with Gasteiger partial charge in [0.25, 0.3) is 11.5 Å². The summed E-state index contributed by atoms with van der Waals surface area (Å²) in [6.45, 7) is 2.37. The minimum Gasteiger partial charge on any atom is -0.383 e. The van der Waals surface area contributed by atoms with E-state index in [1.54, 1.807) is 6.08 Å². The van der Waals surface area contributed by atoms with Crippen molar-refractivity contribution < 1.29 is 4.79 Å². The van der Waals surface area contributed by atoms with Crippen LogP contribution in [0.1, 0.15) is 25.3 Å². The van der Waals surface area contributed by atoms with E-state index in [1.165, 1.54) is 17.7 Å². The summed E-state index contributed by atoms with van der Waals surface area (Å²) in [6, 6.07) is 9.32. The Morgan fingerprint density at radius 1 is 1.28 bits per heavy atom. The number of hydrogen-bond acceptors (Lipinski definition) is 4. The number of hydrogen-bond donors (Lipinski definition) is 2. The van der Waals surface area contributed by atoms with Crippen LogP contribution in [-0.2, 0) is 11.3 Å². The number of nitrogen functional groups attached to an aromatic ring is 1. The van der Waals surface area contributed by atoms with Crippen molar-refractivity contribution in [3.63, 3.8) is 0 Å². The molecule has 1 aromatic carbocycles. The number of rotatable bonds is 6. The zero-order valence-electron chi connectivity index (χ0n) is 14.4. The maximum Gasteiger partial charge on any atom is 0.330 e. The fourth-order valence-corrected chi connectivity index (χ4v) is 2.39. The second-order valence-corrected chi connectivity index (χ2v) is 5.64. The van der Waals surface area contributed by atoms with Crippen LogP contribution in [-0.4, -0.2) is 22.5 Å². The fraction of sp³-hybridized carbons (Fsp3) is 0.278. The van der Waals surface area contributed by atoms with Gasteiger partial charge in [-0.1, -0.05) is 43.7 Å². The van der Waals surface area contributed by atoms with Gasteiger partial charge >= 0.3 is 5.69 Å². The van der Waals surface area contributed by atoms with E-state index in [9.17, 15) is 14.4 Å². The monoisotopic (exact) mass is 342 g/mol. The first-order chi connectivity index (χ1) is 12.0. The molecular weight excluding hydrogens is 320 g/mol. The minimum atomic E-state index is -0.681. The van der Waals surface area contributed by atoms with Crippen molar-refractivity contribution in [1.29, 1.82) is 0 Å². The summed E-state index contributed by atoms with van der Waals surface area (Å²) in [6.07, 6.45) is 4.61. The molecule has 0 saturated carbocycles. The predicted molar refractivity (Wildman–Crippen MR) is 99.5 cm³/mol. The normalized spacial score (nSPS) is 11.0. The second kappa shape index (κ2) is 8.14. The van der Waals surface area contributed by atoms with Crippen molar-refractivity contribution in [2.24, 2.45) is 0 Å². The number of aromatic nitrogens is 2. The highest BCUT2D eigenvalue weighted by molar-refractivity contribution is 6.04. The van der Waals surface area contributed by atoms with Crippen LogP contribution in [0.3, 0.4) is 0 Å². The van der Waals surface area contributed by atoms with E-state index in [0.717, 1.165) is 23.3 Å². The number of carbonyl (C=O) groups excluding carboxylic acids is 1. The van der Waals surface area contributed by atoms with Gasteiger partial charge in [-0.15, -0.1) is 0 Å². The number of carbonyl (C=O) groups is 1. The molecule has 0 radical (unpaired) electrons. The van der Waals surface area contributed by atoms with E-state index in [4.69, 9.17) is 5.73 Å². The average Bonchev–Trinajstić information content (AvgIpc) is 2.60. The zero-order chi connectivity index (χ0) is 18.4. The lowest BCUT2D eigenvalue weighted by atomic mass is 10.2. The molecule has 0 aliphatic rings. The molecule has 1 amide bonds. The quantitative estimate of drug-likeness (QED) is 0.779. The molecule has 7 nitrogen and oxygen atoms in total. The predicted octanol–water partition coefficient (Wildman–Crippen LogP) is 1.60. The lowest BCUT2D eigenvalue weighted by Gasteiger charge is -2.19. The van der Waals surface area contributed by atoms with Crippen molar-refractivity contribution in [3.8, 4) is 0 Å². The number of unbranched alkanes of at least 4 members (excludes halogenated alkanes) is 1. The van der Waals surface area contributed by atoms with E-state index >= 15 is 0 Å². The van der Waals surface area contributed by atoms with Crippen LogP contribution in [0.25, 0.3) is 6.08 Å². The molecule has 0 saturated heterocycles. The molecular formula is C18H22N4O3. The van der Waals surface area contributed by atoms with Gasteiger partial charge in [0.05, 0.1) is 0 Å². The molecule has 25 heavy (non-hydrogen) atoms. The minimum absolute atomic E-state index is 0.00818. The van der Waals surface area contributed by atoms with Crippen LogP contribution in [0.15, 0.2) is 46.0 Å². The molecule has 0 atom stereocenters. The summed E-state index contributed by atoms with van der Waals surface area (Å²) in [5.74, 6) is -0.423. The maximum atomic E-state index is 12.4. The third-order valence-corrected chi connectivity index (χ3v) is 3.83. The van der Waals surface area contributed by atoms with Crippen LogP contribution in [0.5, 0.6) is 0 Å². The van der Waals surface area contributed by atoms with Gasteiger partial charge in [-0.2, -0.15) is 0 Å². The van der Waals surface area contributed by atoms with Gasteiger partial charge < -0.3 is 10.6 Å². The molecule has 132 valence electrons. The van der Waals surface area contributed by atoms with Crippen LogP contribution in [0, 0.1) is 0 Å². The Kier molecular flexibility index (Phi) is 5.94. The molecule has 2 rings (SSSR count). The van der Waals surface area contributed by atoms with Crippen molar-refractivity contribution in [3.05, 3.63) is 62.8 Å². The standard InChI is InChI=1S/C18H22N4O3/c1-3-4-12-22-16(19)15(17(24)20-18(22)25)21(2)14(23)11-10-13-8-6-5-7-9-13/h5-11H,3-4,12,19H2,1-2H3,(H,20,24,25)/b11-10+. The molecule has 0 aliphatic heterocycles. The number of likely N-dealkylation sites (N-methyl/N-ethyl adjacent to an activating group) is 1. The highest BCUT2D eigenvalue weighted by atomic mass is 16.2. The Bertz CT molecular complexity index is 881. The molecule has 0 unspecified atom stereocenters. The van der Waals surface area contributed by atoms with E-state index in [2.05, 4.69) is 4.98 Å². The Balaban J connectivity index is 2.33. The molecule has 2 aromatic rings. The number of anilines is 2. The average molecular weight is 342 g/mol. The van der Waals surface area contributed by atoms with E-state index in [-0.39, 0.29) is 11.5 Å². The Morgan fingerprint density at radius 2 is 1.96 bits per heavy atom. The third kappa shape index (κ3) is 4.26. The van der Waals surface area contributed by atoms with Crippen molar-refractivity contribution >= 4 is 23.5 Å². The summed E-state index contributed by atoms with van der Waals surface area (Å²) < 4.78 is 1.28. The van der Waals surface area contributed by atoms with Gasteiger partial charge in [-0.05, 0) is 18.1 Å². The number of nitrogens with one attached hydrogen (secondary N) is 1. The maximum absolute atomic E-state index is 12.4. The van der Waals surface area contributed by atoms with E-state index < -0.39 is 17.2 Å². The Morgan fingerprint density at radius 3 is 2.60 bits per heavy atom. The first-order valence-corrected chi connectivity index (χ1v) is 8.09. The largest absolute Gasteiger partial charge is 0.383 e. The van der Waals surface area contributed by atoms with Crippen molar-refractivity contribution in [1.82, 2.24) is 9.55 Å². The van der Waals surface area contributed by atoms with Gasteiger partial charge in [0.1, 0.15) is 5.82 Å². The molecule has 0 aliphatic carbocycles. The highest BCUT2D eigenvalue weighted by Crippen LogP contribution is 2.16. The van der Waals surface area contributed by atoms with Crippen LogP contribution < -0.4 is 21.9 Å². The fourth-order valence-electron chi connectivity index (χ4n) is 2.39. The molecule has 1 aromatic heterocycles. The van der Waals surface area contributed by atoms with Crippen molar-refractivity contribution in [2.45, 2.75) is 26.3 Å². The van der Waals surface area contributed by atoms with Gasteiger partial charge in [0.2, 0.25) is 0 Å². The zero-order valence-corrected chi connectivity index (χ0v) is 14.4. The number of aromatic amines is 1. The summed E-state index contributed by atoms with van der Waals surface area (Å²) in [5.41, 5.74) is 5.58. The van der Waals surface area contributed by atoms with Gasteiger partial charge in [-0.3, -0.25) is 19.1 Å². The topological polar surface area (TPSA) is 101 Å². The molecule has 0 spiro atoms. The number of benzene rings is 1. The van der Waals surface area contributed by atoms with E-state index in [0.29, 0.717) is 6.54 Å². The summed E-state index contributed by atoms with van der Waals surface area (Å²) in [5, 5.41) is 0. The first-order valence-electron chi connectivity index (χ1n) is 8.09. The Hall–Kier alpha value is -3.09. The molecule has 3 N–H and O–H groups in total. The number of H-pyrrole nitrogens is 1. The molecule has 1 heterocycles. The number of nitrogens with two attached hydrogens (primary N) is 1. The smallest absolute Gasteiger partial charge is 0.330 e. The second-order valence-electron chi connectivity index (χ2n) is 5.64. The highest BCUT2D eigenvalue weighted by Gasteiger charge is 2.19. The third-order valence-electron chi connectivity index (χ3n) is 3.83. The van der Waals surface area contributed by atoms with Crippen LogP contribution in [0.2, 0.25) is 0 Å². The molecule has 0 bridgehead atoms. The Labute approximate surface area is 145 Å². The summed E-state index contributed by atoms with van der Waals surface area (Å²) in [7, 11) is 1.45. The van der Waals surface area contributed by atoms with E-state index in [1.807, 2.05) is 37.3 Å². The SMILES string of the molecule is CCCCn1c(N)c(N(C)C(=O)/C=C/c2ccccc2)c(=O)[nH]c1=O. The van der Waals surface area contributed by atoms with Gasteiger partial charge in [0, 0.05) is 19.7 Å². The van der Waals surface area contributed by atoms with Crippen LogP contribution >= 0.6 is 0 Å². The number of nitrogens with zero attached hydrogens (tertiary/aromatic N) is 2.